The molecule has 112 valence electrons. The van der Waals surface area contributed by atoms with Gasteiger partial charge in [0.25, 0.3) is 0 Å². The van der Waals surface area contributed by atoms with E-state index in [0.29, 0.717) is 0 Å². The molecule has 3 rings (SSSR count). The van der Waals surface area contributed by atoms with Crippen LogP contribution in [0.25, 0.3) is 3.62 Å². The summed E-state index contributed by atoms with van der Waals surface area (Å²) in [6.07, 6.45) is 1.82. The van der Waals surface area contributed by atoms with Gasteiger partial charge in [-0.25, -0.2) is 0 Å². The number of ketones is 1. The van der Waals surface area contributed by atoms with Crippen LogP contribution in [0.4, 0.5) is 0 Å². The Morgan fingerprint density at radius 2 is 1.13 bits per heavy atom. The van der Waals surface area contributed by atoms with Crippen LogP contribution in [0, 0.1) is 0 Å². The van der Waals surface area contributed by atoms with Crippen molar-refractivity contribution in [2.24, 2.45) is 0 Å². The van der Waals surface area contributed by atoms with E-state index in [1.165, 1.54) is 3.61 Å². The summed E-state index contributed by atoms with van der Waals surface area (Å²) in [4.78, 5) is 12.6. The number of benzene rings is 3. The molecular weight excluding hydrogens is 396 g/mol. The van der Waals surface area contributed by atoms with Gasteiger partial charge in [-0.2, -0.15) is 0 Å². The van der Waals surface area contributed by atoms with Crippen LogP contribution in [0.2, 0.25) is 0 Å². The van der Waals surface area contributed by atoms with Crippen LogP contribution in [-0.2, 0) is 0 Å². The Morgan fingerprint density at radius 3 is 1.70 bits per heavy atom. The van der Waals surface area contributed by atoms with Crippen molar-refractivity contribution in [3.8, 4) is 0 Å². The van der Waals surface area contributed by atoms with Crippen LogP contribution >= 0.6 is 0 Å². The molecule has 0 aliphatic carbocycles. The molecule has 1 nitrogen and oxygen atoms in total. The molecule has 23 heavy (non-hydrogen) atoms. The molecule has 0 heterocycles. The van der Waals surface area contributed by atoms with E-state index in [0.717, 1.165) is 14.7 Å². The van der Waals surface area contributed by atoms with Crippen LogP contribution in [0.3, 0.4) is 0 Å². The van der Waals surface area contributed by atoms with E-state index in [2.05, 4.69) is 36.4 Å². The van der Waals surface area contributed by atoms with E-state index in [1.54, 1.807) is 0 Å². The van der Waals surface area contributed by atoms with E-state index < -0.39 is 20.9 Å². The summed E-state index contributed by atoms with van der Waals surface area (Å²) in [7, 11) is 0. The van der Waals surface area contributed by atoms with Gasteiger partial charge in [0, 0.05) is 0 Å². The molecule has 0 aliphatic heterocycles. The summed E-state index contributed by atoms with van der Waals surface area (Å²) in [5, 5.41) is 0. The normalized spacial score (nSPS) is 11.2. The van der Waals surface area contributed by atoms with Gasteiger partial charge in [0.05, 0.1) is 0 Å². The second-order valence-corrected chi connectivity index (χ2v) is 8.20. The number of allylic oxidation sites excluding steroid dienone is 1. The van der Waals surface area contributed by atoms with Gasteiger partial charge in [-0.3, -0.25) is 0 Å². The Hall–Kier alpha value is -2.14. The molecule has 2 heteroatoms. The first-order valence-corrected chi connectivity index (χ1v) is 9.75. The molecule has 0 spiro atoms. The third-order valence-corrected chi connectivity index (χ3v) is 6.44. The molecule has 0 fully saturated rings. The molecule has 0 atom stereocenters. The number of carbonyl (C=O) groups excluding carboxylic acids is 1. The van der Waals surface area contributed by atoms with E-state index in [4.69, 9.17) is 0 Å². The Morgan fingerprint density at radius 1 is 0.652 bits per heavy atom. The second kappa shape index (κ2) is 7.92. The second-order valence-electron chi connectivity index (χ2n) is 5.02. The van der Waals surface area contributed by atoms with Gasteiger partial charge in [0.15, 0.2) is 0 Å². The van der Waals surface area contributed by atoms with Crippen molar-refractivity contribution in [3.05, 3.63) is 108 Å². The molecule has 0 bridgehead atoms. The summed E-state index contributed by atoms with van der Waals surface area (Å²) in [5.41, 5.74) is 1.88. The van der Waals surface area contributed by atoms with Crippen LogP contribution in [0.1, 0.15) is 15.9 Å². The van der Waals surface area contributed by atoms with Crippen molar-refractivity contribution in [3.63, 3.8) is 0 Å². The van der Waals surface area contributed by atoms with Crippen LogP contribution in [0.5, 0.6) is 0 Å². The van der Waals surface area contributed by atoms with Crippen molar-refractivity contribution in [1.29, 1.82) is 0 Å². The van der Waals surface area contributed by atoms with E-state index in [1.807, 2.05) is 60.7 Å². The van der Waals surface area contributed by atoms with Crippen molar-refractivity contribution < 1.29 is 4.79 Å². The zero-order valence-corrected chi connectivity index (χ0v) is 14.9. The molecule has 3 aromatic carbocycles. The molecule has 3 aromatic rings. The Bertz CT molecular complexity index is 793. The molecule has 0 aliphatic rings. The molecule has 0 aromatic heterocycles. The Kier molecular flexibility index (Phi) is 5.42. The predicted octanol–water partition coefficient (Wildman–Crippen LogP) is 3.94. The predicted molar refractivity (Wildman–Crippen MR) is 97.0 cm³/mol. The third-order valence-electron chi connectivity index (χ3n) is 3.35. The summed E-state index contributed by atoms with van der Waals surface area (Å²) < 4.78 is 2.49. The van der Waals surface area contributed by atoms with Gasteiger partial charge in [-0.05, 0) is 0 Å². The summed E-state index contributed by atoms with van der Waals surface area (Å²) >= 11 is -0.611. The summed E-state index contributed by atoms with van der Waals surface area (Å²) in [6, 6.07) is 30.1. The Balaban J connectivity index is 1.95. The molecule has 0 unspecified atom stereocenters. The van der Waals surface area contributed by atoms with Crippen molar-refractivity contribution in [1.82, 2.24) is 0 Å². The molecule has 0 radical (unpaired) electrons. The quantitative estimate of drug-likeness (QED) is 0.353. The maximum absolute atomic E-state index is 12.6. The molecule has 0 saturated carbocycles. The van der Waals surface area contributed by atoms with Crippen LogP contribution in [-0.4, -0.2) is 26.7 Å². The molecule has 0 saturated heterocycles. The Labute approximate surface area is 146 Å². The fourth-order valence-corrected chi connectivity index (χ4v) is 4.95. The first kappa shape index (κ1) is 15.7. The fraction of sp³-hybridized carbons (Fsp3) is 0. The van der Waals surface area contributed by atoms with E-state index in [-0.39, 0.29) is 5.78 Å². The number of hydrogen-bond donors (Lipinski definition) is 0. The van der Waals surface area contributed by atoms with Gasteiger partial charge in [0.2, 0.25) is 0 Å². The average molecular weight is 412 g/mol. The molecule has 0 amide bonds. The first-order valence-electron chi connectivity index (χ1n) is 7.42. The monoisotopic (exact) mass is 414 g/mol. The van der Waals surface area contributed by atoms with E-state index >= 15 is 0 Å². The van der Waals surface area contributed by atoms with Gasteiger partial charge in [-0.1, -0.05) is 0 Å². The number of carbonyl (C=O) groups is 1. The summed E-state index contributed by atoms with van der Waals surface area (Å²) in [5.74, 6) is 0.0745. The first-order chi connectivity index (χ1) is 11.3. The third kappa shape index (κ3) is 4.42. The zero-order chi connectivity index (χ0) is 15.9. The van der Waals surface area contributed by atoms with Crippen molar-refractivity contribution in [2.45, 2.75) is 0 Å². The minimum atomic E-state index is -0.611. The van der Waals surface area contributed by atoms with Gasteiger partial charge in [0.1, 0.15) is 0 Å². The zero-order valence-electron chi connectivity index (χ0n) is 12.6. The van der Waals surface area contributed by atoms with Crippen LogP contribution < -0.4 is 3.61 Å². The topological polar surface area (TPSA) is 17.1 Å². The van der Waals surface area contributed by atoms with Crippen LogP contribution in [0.15, 0.2) is 97.1 Å². The number of hydrogen-bond acceptors (Lipinski definition) is 1. The maximum atomic E-state index is 12.6. The summed E-state index contributed by atoms with van der Waals surface area (Å²) in [6.45, 7) is 0. The molecule has 0 N–H and O–H groups in total. The molecular formula is C21H16OTe. The van der Waals surface area contributed by atoms with Crippen molar-refractivity contribution >= 4 is 33.9 Å². The number of rotatable bonds is 5. The van der Waals surface area contributed by atoms with Gasteiger partial charge < -0.3 is 0 Å². The fourth-order valence-electron chi connectivity index (χ4n) is 2.19. The van der Waals surface area contributed by atoms with Crippen molar-refractivity contribution in [2.75, 3.05) is 0 Å². The van der Waals surface area contributed by atoms with E-state index in [9.17, 15) is 4.79 Å². The van der Waals surface area contributed by atoms with Gasteiger partial charge in [-0.15, -0.1) is 0 Å². The minimum absolute atomic E-state index is 0.0745. The SMILES string of the molecule is O=C(/C=C(\[Te]c1ccccc1)c1ccccc1)c1ccccc1. The van der Waals surface area contributed by atoms with Gasteiger partial charge >= 0.3 is 147 Å². The average Bonchev–Trinajstić information content (AvgIpc) is 2.63. The standard InChI is InChI=1S/C21H16OTe/c22-20(17-10-4-1-5-11-17)16-21(18-12-6-2-7-13-18)23-19-14-8-3-9-15-19/h1-16H/b21-16-.